The quantitative estimate of drug-likeness (QED) is 0.781. The van der Waals surface area contributed by atoms with Crippen LogP contribution >= 0.6 is 0 Å². The number of hydrogen-bond donors (Lipinski definition) is 0. The van der Waals surface area contributed by atoms with Gasteiger partial charge in [-0.25, -0.2) is 0 Å². The Kier molecular flexibility index (Phi) is 4.59. The molecule has 3 nitrogen and oxygen atoms in total. The summed E-state index contributed by atoms with van der Waals surface area (Å²) in [5.41, 5.74) is 1.14. The molecule has 1 aliphatic rings. The first kappa shape index (κ1) is 14.1. The Labute approximate surface area is 116 Å². The standard InChI is InChI=1S/C16H24N2O/c1-12-11-18(3)13(2)9-16(12)17-10-14-5-7-15(19-4)8-6-14/h5-8,10,12-13,16H,9,11H2,1-4H3/t12-,13+,16+/m1/s1. The molecule has 0 amide bonds. The summed E-state index contributed by atoms with van der Waals surface area (Å²) < 4.78 is 5.16. The van der Waals surface area contributed by atoms with Crippen molar-refractivity contribution in [1.82, 2.24) is 4.90 Å². The smallest absolute Gasteiger partial charge is 0.118 e. The maximum Gasteiger partial charge on any atom is 0.118 e. The third kappa shape index (κ3) is 3.57. The Hall–Kier alpha value is -1.35. The minimum absolute atomic E-state index is 0.438. The summed E-state index contributed by atoms with van der Waals surface area (Å²) in [6.45, 7) is 5.70. The number of rotatable bonds is 3. The average molecular weight is 260 g/mol. The van der Waals surface area contributed by atoms with Crippen molar-refractivity contribution in [2.24, 2.45) is 10.9 Å². The number of likely N-dealkylation sites (tertiary alicyclic amines) is 1. The van der Waals surface area contributed by atoms with Gasteiger partial charge in [-0.3, -0.25) is 4.99 Å². The highest BCUT2D eigenvalue weighted by molar-refractivity contribution is 5.79. The van der Waals surface area contributed by atoms with Gasteiger partial charge in [0.2, 0.25) is 0 Å². The fraction of sp³-hybridized carbons (Fsp3) is 0.562. The molecule has 1 saturated heterocycles. The Morgan fingerprint density at radius 3 is 2.58 bits per heavy atom. The van der Waals surface area contributed by atoms with Crippen LogP contribution in [-0.2, 0) is 0 Å². The molecule has 0 aromatic heterocycles. The van der Waals surface area contributed by atoms with E-state index in [4.69, 9.17) is 9.73 Å². The van der Waals surface area contributed by atoms with Crippen LogP contribution in [0.2, 0.25) is 0 Å². The molecule has 3 heteroatoms. The summed E-state index contributed by atoms with van der Waals surface area (Å²) in [6.07, 6.45) is 3.14. The minimum Gasteiger partial charge on any atom is -0.497 e. The number of ether oxygens (including phenoxy) is 1. The zero-order chi connectivity index (χ0) is 13.8. The van der Waals surface area contributed by atoms with Crippen LogP contribution in [0.15, 0.2) is 29.3 Å². The van der Waals surface area contributed by atoms with Crippen LogP contribution in [0.3, 0.4) is 0 Å². The summed E-state index contributed by atoms with van der Waals surface area (Å²) in [7, 11) is 3.88. The first-order valence-corrected chi connectivity index (χ1v) is 6.97. The second-order valence-corrected chi connectivity index (χ2v) is 5.62. The Morgan fingerprint density at radius 1 is 1.26 bits per heavy atom. The second kappa shape index (κ2) is 6.20. The van der Waals surface area contributed by atoms with Crippen molar-refractivity contribution in [1.29, 1.82) is 0 Å². The van der Waals surface area contributed by atoms with Crippen molar-refractivity contribution >= 4 is 6.21 Å². The number of nitrogens with zero attached hydrogens (tertiary/aromatic N) is 2. The Bertz CT molecular complexity index is 427. The van der Waals surface area contributed by atoms with Crippen molar-refractivity contribution in [3.8, 4) is 5.75 Å². The van der Waals surface area contributed by atoms with Gasteiger partial charge in [0.1, 0.15) is 5.75 Å². The number of hydrogen-bond acceptors (Lipinski definition) is 3. The zero-order valence-electron chi connectivity index (χ0n) is 12.3. The summed E-state index contributed by atoms with van der Waals surface area (Å²) in [5.74, 6) is 1.51. The molecule has 1 fully saturated rings. The van der Waals surface area contributed by atoms with Crippen molar-refractivity contribution in [2.45, 2.75) is 32.4 Å². The van der Waals surface area contributed by atoms with Crippen LogP contribution in [0, 0.1) is 5.92 Å². The van der Waals surface area contributed by atoms with E-state index in [-0.39, 0.29) is 0 Å². The van der Waals surface area contributed by atoms with E-state index in [0.717, 1.165) is 24.3 Å². The molecule has 1 aliphatic heterocycles. The van der Waals surface area contributed by atoms with Gasteiger partial charge in [0.15, 0.2) is 0 Å². The van der Waals surface area contributed by atoms with Crippen LogP contribution in [0.5, 0.6) is 5.75 Å². The van der Waals surface area contributed by atoms with Crippen LogP contribution in [0.1, 0.15) is 25.8 Å². The predicted octanol–water partition coefficient (Wildman–Crippen LogP) is 2.84. The first-order chi connectivity index (χ1) is 9.10. The lowest BCUT2D eigenvalue weighted by atomic mass is 9.90. The Balaban J connectivity index is 2.00. The van der Waals surface area contributed by atoms with Gasteiger partial charge in [0.05, 0.1) is 13.2 Å². The van der Waals surface area contributed by atoms with Gasteiger partial charge < -0.3 is 9.64 Å². The second-order valence-electron chi connectivity index (χ2n) is 5.62. The van der Waals surface area contributed by atoms with E-state index >= 15 is 0 Å². The van der Waals surface area contributed by atoms with Gasteiger partial charge in [-0.05, 0) is 56.1 Å². The maximum absolute atomic E-state index is 5.16. The Morgan fingerprint density at radius 2 is 1.95 bits per heavy atom. The molecule has 1 heterocycles. The highest BCUT2D eigenvalue weighted by atomic mass is 16.5. The molecule has 0 aliphatic carbocycles. The lowest BCUT2D eigenvalue weighted by molar-refractivity contribution is 0.139. The molecule has 19 heavy (non-hydrogen) atoms. The van der Waals surface area contributed by atoms with Crippen LogP contribution in [0.4, 0.5) is 0 Å². The van der Waals surface area contributed by atoms with E-state index in [9.17, 15) is 0 Å². The van der Waals surface area contributed by atoms with Crippen molar-refractivity contribution in [3.05, 3.63) is 29.8 Å². The molecule has 0 N–H and O–H groups in total. The molecule has 0 saturated carbocycles. The lowest BCUT2D eigenvalue weighted by Crippen LogP contribution is -2.44. The maximum atomic E-state index is 5.16. The SMILES string of the molecule is COc1ccc(C=N[C@H]2C[C@H](C)N(C)C[C@H]2C)cc1. The molecule has 1 aromatic carbocycles. The van der Waals surface area contributed by atoms with Crippen molar-refractivity contribution < 1.29 is 4.74 Å². The fourth-order valence-electron chi connectivity index (χ4n) is 2.60. The summed E-state index contributed by atoms with van der Waals surface area (Å²) in [6, 6.07) is 9.10. The van der Waals surface area contributed by atoms with Gasteiger partial charge >= 0.3 is 0 Å². The topological polar surface area (TPSA) is 24.8 Å². The van der Waals surface area contributed by atoms with Gasteiger partial charge in [-0.2, -0.15) is 0 Å². The molecule has 0 spiro atoms. The lowest BCUT2D eigenvalue weighted by Gasteiger charge is -2.37. The number of aliphatic imine (C=N–C) groups is 1. The highest BCUT2D eigenvalue weighted by Gasteiger charge is 2.27. The third-order valence-electron chi connectivity index (χ3n) is 4.10. The van der Waals surface area contributed by atoms with Gasteiger partial charge in [-0.15, -0.1) is 0 Å². The monoisotopic (exact) mass is 260 g/mol. The van der Waals surface area contributed by atoms with Crippen LogP contribution in [-0.4, -0.2) is 43.9 Å². The van der Waals surface area contributed by atoms with E-state index < -0.39 is 0 Å². The molecule has 104 valence electrons. The molecule has 1 aromatic rings. The van der Waals surface area contributed by atoms with Crippen LogP contribution in [0.25, 0.3) is 0 Å². The molecular formula is C16H24N2O. The number of benzene rings is 1. The molecule has 0 bridgehead atoms. The molecule has 0 unspecified atom stereocenters. The van der Waals surface area contributed by atoms with Gasteiger partial charge in [0, 0.05) is 18.8 Å². The molecule has 0 radical (unpaired) electrons. The number of methoxy groups -OCH3 is 1. The zero-order valence-corrected chi connectivity index (χ0v) is 12.3. The largest absolute Gasteiger partial charge is 0.497 e. The van der Waals surface area contributed by atoms with Gasteiger partial charge in [0.25, 0.3) is 0 Å². The molecule has 3 atom stereocenters. The molecular weight excluding hydrogens is 236 g/mol. The predicted molar refractivity (Wildman–Crippen MR) is 80.2 cm³/mol. The number of piperidine rings is 1. The van der Waals surface area contributed by atoms with E-state index in [0.29, 0.717) is 18.0 Å². The normalized spacial score (nSPS) is 28.7. The minimum atomic E-state index is 0.438. The van der Waals surface area contributed by atoms with Gasteiger partial charge in [-0.1, -0.05) is 6.92 Å². The van der Waals surface area contributed by atoms with Crippen LogP contribution < -0.4 is 4.74 Å². The highest BCUT2D eigenvalue weighted by Crippen LogP contribution is 2.23. The van der Waals surface area contributed by atoms with E-state index in [1.165, 1.54) is 0 Å². The summed E-state index contributed by atoms with van der Waals surface area (Å²) in [4.78, 5) is 7.20. The van der Waals surface area contributed by atoms with Crippen molar-refractivity contribution in [3.63, 3.8) is 0 Å². The van der Waals surface area contributed by atoms with Crippen molar-refractivity contribution in [2.75, 3.05) is 20.7 Å². The average Bonchev–Trinajstić information content (AvgIpc) is 2.42. The summed E-state index contributed by atoms with van der Waals surface area (Å²) >= 11 is 0. The van der Waals surface area contributed by atoms with E-state index in [1.807, 2.05) is 30.5 Å². The summed E-state index contributed by atoms with van der Waals surface area (Å²) in [5, 5.41) is 0. The first-order valence-electron chi connectivity index (χ1n) is 6.97. The van der Waals surface area contributed by atoms with E-state index in [2.05, 4.69) is 25.8 Å². The van der Waals surface area contributed by atoms with E-state index in [1.54, 1.807) is 7.11 Å². The third-order valence-corrected chi connectivity index (χ3v) is 4.10. The molecule has 2 rings (SSSR count). The fourth-order valence-corrected chi connectivity index (χ4v) is 2.60.